The molecule has 1 atom stereocenters. The number of aromatic nitrogens is 1. The fourth-order valence-electron chi connectivity index (χ4n) is 2.21. The molecule has 0 saturated carbocycles. The summed E-state index contributed by atoms with van der Waals surface area (Å²) in [6, 6.07) is 8.28. The Labute approximate surface area is 101 Å². The highest BCUT2D eigenvalue weighted by molar-refractivity contribution is 5.81. The smallest absolute Gasteiger partial charge is 0.126 e. The highest BCUT2D eigenvalue weighted by atomic mass is 16.5. The summed E-state index contributed by atoms with van der Waals surface area (Å²) >= 11 is 0. The monoisotopic (exact) mass is 228 g/mol. The summed E-state index contributed by atoms with van der Waals surface area (Å²) in [5.74, 6) is 0.980. The summed E-state index contributed by atoms with van der Waals surface area (Å²) in [7, 11) is 0. The molecular formula is C14H16N2O. The highest BCUT2D eigenvalue weighted by Gasteiger charge is 2.16. The number of benzene rings is 1. The van der Waals surface area contributed by atoms with Gasteiger partial charge in [-0.1, -0.05) is 13.0 Å². The van der Waals surface area contributed by atoms with Gasteiger partial charge in [-0.2, -0.15) is 0 Å². The van der Waals surface area contributed by atoms with Gasteiger partial charge in [0.05, 0.1) is 5.52 Å². The van der Waals surface area contributed by atoms with Crippen molar-refractivity contribution in [1.29, 1.82) is 0 Å². The molecule has 0 bridgehead atoms. The number of nitrogens with zero attached hydrogens (tertiary/aromatic N) is 1. The fourth-order valence-corrected chi connectivity index (χ4v) is 2.21. The van der Waals surface area contributed by atoms with Gasteiger partial charge in [0, 0.05) is 36.3 Å². The Hall–Kier alpha value is -1.61. The maximum Gasteiger partial charge on any atom is 0.126 e. The van der Waals surface area contributed by atoms with Crippen molar-refractivity contribution in [3.05, 3.63) is 36.0 Å². The highest BCUT2D eigenvalue weighted by Crippen LogP contribution is 2.27. The standard InChI is InChI=1S/C14H16N2O/c1-2-12-9-15-8-11-6-10-4-3-5-16-13(10)7-14(11)17-12/h3-7,12,15H,2,8-9H2,1H3/t12-/m1/s1. The van der Waals surface area contributed by atoms with E-state index in [2.05, 4.69) is 35.4 Å². The summed E-state index contributed by atoms with van der Waals surface area (Å²) < 4.78 is 6.01. The van der Waals surface area contributed by atoms with Crippen LogP contribution in [0, 0.1) is 0 Å². The summed E-state index contributed by atoms with van der Waals surface area (Å²) in [6.45, 7) is 3.93. The minimum Gasteiger partial charge on any atom is -0.489 e. The molecule has 1 aromatic heterocycles. The van der Waals surface area contributed by atoms with E-state index in [1.54, 1.807) is 0 Å². The van der Waals surface area contributed by atoms with Crippen molar-refractivity contribution in [2.24, 2.45) is 0 Å². The molecule has 88 valence electrons. The molecule has 1 aliphatic rings. The van der Waals surface area contributed by atoms with Crippen molar-refractivity contribution in [3.8, 4) is 5.75 Å². The van der Waals surface area contributed by atoms with E-state index in [9.17, 15) is 0 Å². The van der Waals surface area contributed by atoms with Gasteiger partial charge in [-0.15, -0.1) is 0 Å². The topological polar surface area (TPSA) is 34.2 Å². The largest absolute Gasteiger partial charge is 0.489 e. The first-order valence-electron chi connectivity index (χ1n) is 6.12. The number of hydrogen-bond acceptors (Lipinski definition) is 3. The molecule has 1 aliphatic heterocycles. The SMILES string of the molecule is CC[C@@H]1CNCc2cc3cccnc3cc2O1. The molecule has 2 heterocycles. The molecular weight excluding hydrogens is 212 g/mol. The van der Waals surface area contributed by atoms with E-state index >= 15 is 0 Å². The predicted octanol–water partition coefficient (Wildman–Crippen LogP) is 2.50. The zero-order chi connectivity index (χ0) is 11.7. The number of hydrogen-bond donors (Lipinski definition) is 1. The second-order valence-corrected chi connectivity index (χ2v) is 4.44. The first-order chi connectivity index (χ1) is 8.36. The van der Waals surface area contributed by atoms with Crippen LogP contribution in [0.2, 0.25) is 0 Å². The molecule has 2 aromatic rings. The summed E-state index contributed by atoms with van der Waals surface area (Å²) in [5, 5.41) is 4.60. The van der Waals surface area contributed by atoms with E-state index in [-0.39, 0.29) is 6.10 Å². The molecule has 1 N–H and O–H groups in total. The lowest BCUT2D eigenvalue weighted by atomic mass is 10.1. The maximum atomic E-state index is 6.01. The number of rotatable bonds is 1. The van der Waals surface area contributed by atoms with Crippen LogP contribution < -0.4 is 10.1 Å². The molecule has 1 aromatic carbocycles. The number of nitrogens with one attached hydrogen (secondary N) is 1. The van der Waals surface area contributed by atoms with Gasteiger partial charge in [-0.05, 0) is 18.6 Å². The average molecular weight is 228 g/mol. The summed E-state index contributed by atoms with van der Waals surface area (Å²) in [4.78, 5) is 4.37. The van der Waals surface area contributed by atoms with E-state index in [1.165, 1.54) is 10.9 Å². The summed E-state index contributed by atoms with van der Waals surface area (Å²) in [5.41, 5.74) is 2.23. The quantitative estimate of drug-likeness (QED) is 0.814. The van der Waals surface area contributed by atoms with Crippen LogP contribution in [-0.2, 0) is 6.54 Å². The second-order valence-electron chi connectivity index (χ2n) is 4.44. The molecule has 0 saturated heterocycles. The maximum absolute atomic E-state index is 6.01. The van der Waals surface area contributed by atoms with Gasteiger partial charge in [0.1, 0.15) is 11.9 Å². The van der Waals surface area contributed by atoms with Crippen molar-refractivity contribution in [1.82, 2.24) is 10.3 Å². The zero-order valence-electron chi connectivity index (χ0n) is 9.94. The third-order valence-corrected chi connectivity index (χ3v) is 3.22. The molecule has 0 fully saturated rings. The van der Waals surface area contributed by atoms with Gasteiger partial charge in [0.25, 0.3) is 0 Å². The Kier molecular flexibility index (Phi) is 2.69. The molecule has 0 unspecified atom stereocenters. The van der Waals surface area contributed by atoms with E-state index in [0.29, 0.717) is 0 Å². The predicted molar refractivity (Wildman–Crippen MR) is 68.2 cm³/mol. The van der Waals surface area contributed by atoms with Crippen LogP contribution in [0.15, 0.2) is 30.5 Å². The lowest BCUT2D eigenvalue weighted by molar-refractivity contribution is 0.202. The molecule has 3 heteroatoms. The Balaban J connectivity index is 2.09. The average Bonchev–Trinajstić information content (AvgIpc) is 2.57. The molecule has 17 heavy (non-hydrogen) atoms. The molecule has 0 radical (unpaired) electrons. The lowest BCUT2D eigenvalue weighted by Gasteiger charge is -2.15. The van der Waals surface area contributed by atoms with Crippen LogP contribution in [0.5, 0.6) is 5.75 Å². The molecule has 0 aliphatic carbocycles. The van der Waals surface area contributed by atoms with Crippen LogP contribution >= 0.6 is 0 Å². The van der Waals surface area contributed by atoms with Gasteiger partial charge < -0.3 is 10.1 Å². The first kappa shape index (κ1) is 10.5. The van der Waals surface area contributed by atoms with Crippen LogP contribution in [0.1, 0.15) is 18.9 Å². The van der Waals surface area contributed by atoms with Gasteiger partial charge >= 0.3 is 0 Å². The van der Waals surface area contributed by atoms with E-state index in [1.807, 2.05) is 12.3 Å². The summed E-state index contributed by atoms with van der Waals surface area (Å²) in [6.07, 6.45) is 3.10. The Morgan fingerprint density at radius 1 is 1.47 bits per heavy atom. The number of pyridine rings is 1. The molecule has 3 nitrogen and oxygen atoms in total. The third kappa shape index (κ3) is 1.98. The van der Waals surface area contributed by atoms with E-state index in [4.69, 9.17) is 4.74 Å². The minimum atomic E-state index is 0.261. The molecule has 0 amide bonds. The van der Waals surface area contributed by atoms with Crippen molar-refractivity contribution in [2.45, 2.75) is 26.0 Å². The lowest BCUT2D eigenvalue weighted by Crippen LogP contribution is -2.27. The van der Waals surface area contributed by atoms with Gasteiger partial charge in [-0.3, -0.25) is 4.98 Å². The zero-order valence-corrected chi connectivity index (χ0v) is 9.94. The van der Waals surface area contributed by atoms with Crippen LogP contribution in [-0.4, -0.2) is 17.6 Å². The van der Waals surface area contributed by atoms with Crippen molar-refractivity contribution >= 4 is 10.9 Å². The Bertz CT molecular complexity index is 539. The van der Waals surface area contributed by atoms with Gasteiger partial charge in [0.15, 0.2) is 0 Å². The third-order valence-electron chi connectivity index (χ3n) is 3.22. The van der Waals surface area contributed by atoms with Gasteiger partial charge in [-0.25, -0.2) is 0 Å². The molecule has 3 rings (SSSR count). The van der Waals surface area contributed by atoms with Crippen LogP contribution in [0.3, 0.4) is 0 Å². The Morgan fingerprint density at radius 3 is 3.29 bits per heavy atom. The number of fused-ring (bicyclic) bond motifs is 2. The normalized spacial score (nSPS) is 19.5. The van der Waals surface area contributed by atoms with Crippen molar-refractivity contribution in [3.63, 3.8) is 0 Å². The van der Waals surface area contributed by atoms with Crippen LogP contribution in [0.25, 0.3) is 10.9 Å². The first-order valence-corrected chi connectivity index (χ1v) is 6.12. The molecule has 0 spiro atoms. The van der Waals surface area contributed by atoms with Gasteiger partial charge in [0.2, 0.25) is 0 Å². The minimum absolute atomic E-state index is 0.261. The second kappa shape index (κ2) is 4.34. The van der Waals surface area contributed by atoms with E-state index < -0.39 is 0 Å². The van der Waals surface area contributed by atoms with E-state index in [0.717, 1.165) is 30.8 Å². The Morgan fingerprint density at radius 2 is 2.41 bits per heavy atom. The number of ether oxygens (including phenoxy) is 1. The van der Waals surface area contributed by atoms with Crippen molar-refractivity contribution in [2.75, 3.05) is 6.54 Å². The van der Waals surface area contributed by atoms with Crippen LogP contribution in [0.4, 0.5) is 0 Å². The fraction of sp³-hybridized carbons (Fsp3) is 0.357. The van der Waals surface area contributed by atoms with Crippen molar-refractivity contribution < 1.29 is 4.74 Å².